The highest BCUT2D eigenvalue weighted by Crippen LogP contribution is 2.24. The van der Waals surface area contributed by atoms with Crippen LogP contribution < -0.4 is 5.32 Å². The van der Waals surface area contributed by atoms with Crippen LogP contribution in [0.3, 0.4) is 0 Å². The number of thiazole rings is 1. The molecule has 0 saturated heterocycles. The molecule has 0 unspecified atom stereocenters. The molecule has 0 aliphatic rings. The molecule has 1 N–H and O–H groups in total. The molecule has 116 valence electrons. The van der Waals surface area contributed by atoms with E-state index in [4.69, 9.17) is 0 Å². The Bertz CT molecular complexity index is 804. The van der Waals surface area contributed by atoms with Gasteiger partial charge < -0.3 is 5.32 Å². The van der Waals surface area contributed by atoms with Crippen LogP contribution in [-0.4, -0.2) is 15.9 Å². The molecule has 0 aliphatic carbocycles. The number of halogens is 1. The Morgan fingerprint density at radius 1 is 1.26 bits per heavy atom. The molecule has 0 bridgehead atoms. The van der Waals surface area contributed by atoms with Gasteiger partial charge in [0, 0.05) is 29.9 Å². The summed E-state index contributed by atoms with van der Waals surface area (Å²) in [5, 5.41) is 5.36. The number of carbonyl (C=O) groups excluding carboxylic acids is 1. The van der Waals surface area contributed by atoms with Crippen LogP contribution in [0.1, 0.15) is 11.3 Å². The second-order valence-corrected chi connectivity index (χ2v) is 5.83. The zero-order valence-corrected chi connectivity index (χ0v) is 13.0. The van der Waals surface area contributed by atoms with Gasteiger partial charge in [-0.05, 0) is 23.8 Å². The molecule has 2 aromatic heterocycles. The summed E-state index contributed by atoms with van der Waals surface area (Å²) in [7, 11) is 0. The van der Waals surface area contributed by atoms with Crippen molar-refractivity contribution in [1.82, 2.24) is 15.3 Å². The first-order valence-corrected chi connectivity index (χ1v) is 7.94. The Balaban J connectivity index is 1.59. The lowest BCUT2D eigenvalue weighted by Crippen LogP contribution is -2.24. The van der Waals surface area contributed by atoms with Crippen molar-refractivity contribution in [1.29, 1.82) is 0 Å². The fourth-order valence-corrected chi connectivity index (χ4v) is 2.89. The van der Waals surface area contributed by atoms with Crippen molar-refractivity contribution < 1.29 is 9.18 Å². The van der Waals surface area contributed by atoms with Crippen molar-refractivity contribution in [3.63, 3.8) is 0 Å². The summed E-state index contributed by atoms with van der Waals surface area (Å²) in [5.41, 5.74) is 2.34. The number of amides is 1. The van der Waals surface area contributed by atoms with Crippen molar-refractivity contribution >= 4 is 17.2 Å². The minimum Gasteiger partial charge on any atom is -0.352 e. The van der Waals surface area contributed by atoms with Gasteiger partial charge in [0.05, 0.1) is 12.1 Å². The number of aromatic nitrogens is 2. The fraction of sp³-hybridized carbons (Fsp3) is 0.118. The van der Waals surface area contributed by atoms with Gasteiger partial charge in [-0.2, -0.15) is 0 Å². The number of benzene rings is 1. The predicted molar refractivity (Wildman–Crippen MR) is 87.3 cm³/mol. The Labute approximate surface area is 137 Å². The van der Waals surface area contributed by atoms with Crippen molar-refractivity contribution in [3.05, 3.63) is 71.2 Å². The smallest absolute Gasteiger partial charge is 0.226 e. The highest BCUT2D eigenvalue weighted by atomic mass is 32.1. The zero-order chi connectivity index (χ0) is 16.1. The molecular formula is C17H14FN3OS. The molecule has 0 aliphatic heterocycles. The van der Waals surface area contributed by atoms with E-state index in [2.05, 4.69) is 15.3 Å². The van der Waals surface area contributed by atoms with E-state index >= 15 is 0 Å². The highest BCUT2D eigenvalue weighted by molar-refractivity contribution is 7.13. The predicted octanol–water partition coefficient (Wildman–Crippen LogP) is 3.20. The van der Waals surface area contributed by atoms with Crippen LogP contribution in [0.25, 0.3) is 10.6 Å². The highest BCUT2D eigenvalue weighted by Gasteiger charge is 2.09. The van der Waals surface area contributed by atoms with Crippen molar-refractivity contribution in [3.8, 4) is 10.6 Å². The third kappa shape index (κ3) is 4.20. The van der Waals surface area contributed by atoms with Crippen LogP contribution in [0.15, 0.2) is 54.2 Å². The third-order valence-corrected chi connectivity index (χ3v) is 4.12. The molecule has 1 amide bonds. The zero-order valence-electron chi connectivity index (χ0n) is 12.2. The second kappa shape index (κ2) is 7.11. The maximum absolute atomic E-state index is 13.2. The largest absolute Gasteiger partial charge is 0.352 e. The summed E-state index contributed by atoms with van der Waals surface area (Å²) < 4.78 is 13.2. The molecule has 1 aromatic carbocycles. The minimum absolute atomic E-state index is 0.107. The van der Waals surface area contributed by atoms with Crippen molar-refractivity contribution in [2.45, 2.75) is 13.0 Å². The van der Waals surface area contributed by atoms with E-state index in [0.29, 0.717) is 17.2 Å². The van der Waals surface area contributed by atoms with Gasteiger partial charge in [0.15, 0.2) is 0 Å². The van der Waals surface area contributed by atoms with E-state index < -0.39 is 0 Å². The number of rotatable bonds is 5. The molecule has 3 aromatic rings. The number of carbonyl (C=O) groups is 1. The molecule has 4 nitrogen and oxygen atoms in total. The summed E-state index contributed by atoms with van der Waals surface area (Å²) in [6.45, 7) is 0.438. The van der Waals surface area contributed by atoms with Crippen molar-refractivity contribution in [2.24, 2.45) is 0 Å². The molecule has 0 radical (unpaired) electrons. The van der Waals surface area contributed by atoms with E-state index in [1.54, 1.807) is 24.5 Å². The monoisotopic (exact) mass is 327 g/mol. The van der Waals surface area contributed by atoms with Crippen LogP contribution in [0.2, 0.25) is 0 Å². The molecule has 0 fully saturated rings. The quantitative estimate of drug-likeness (QED) is 0.783. The molecule has 6 heteroatoms. The summed E-state index contributed by atoms with van der Waals surface area (Å²) >= 11 is 1.40. The second-order valence-electron chi connectivity index (χ2n) is 4.97. The number of nitrogens with one attached hydrogen (secondary N) is 1. The molecule has 0 atom stereocenters. The summed E-state index contributed by atoms with van der Waals surface area (Å²) in [4.78, 5) is 20.4. The standard InChI is InChI=1S/C17H14FN3OS/c18-14-5-1-4-13(7-14)17-21-15(11-23-17)8-16(22)20-10-12-3-2-6-19-9-12/h1-7,9,11H,8,10H2,(H,20,22). The molecule has 3 rings (SSSR count). The average molecular weight is 327 g/mol. The van der Waals surface area contributed by atoms with Crippen LogP contribution in [0, 0.1) is 5.82 Å². The number of nitrogens with zero attached hydrogens (tertiary/aromatic N) is 2. The molecule has 23 heavy (non-hydrogen) atoms. The Morgan fingerprint density at radius 2 is 2.17 bits per heavy atom. The lowest BCUT2D eigenvalue weighted by atomic mass is 10.2. The van der Waals surface area contributed by atoms with Gasteiger partial charge in [-0.15, -0.1) is 11.3 Å². The van der Waals surface area contributed by atoms with E-state index in [1.807, 2.05) is 17.5 Å². The maximum Gasteiger partial charge on any atom is 0.226 e. The summed E-state index contributed by atoms with van der Waals surface area (Å²) in [6, 6.07) is 10.0. The molecule has 2 heterocycles. The Hall–Kier alpha value is -2.60. The number of hydrogen-bond donors (Lipinski definition) is 1. The van der Waals surface area contributed by atoms with E-state index in [-0.39, 0.29) is 18.1 Å². The number of hydrogen-bond acceptors (Lipinski definition) is 4. The minimum atomic E-state index is -0.298. The van der Waals surface area contributed by atoms with Gasteiger partial charge in [-0.25, -0.2) is 9.37 Å². The first kappa shape index (κ1) is 15.3. The van der Waals surface area contributed by atoms with Crippen LogP contribution in [-0.2, 0) is 17.8 Å². The van der Waals surface area contributed by atoms with Gasteiger partial charge >= 0.3 is 0 Å². The van der Waals surface area contributed by atoms with Crippen molar-refractivity contribution in [2.75, 3.05) is 0 Å². The first-order valence-electron chi connectivity index (χ1n) is 7.06. The van der Waals surface area contributed by atoms with Crippen LogP contribution in [0.4, 0.5) is 4.39 Å². The van der Waals surface area contributed by atoms with Gasteiger partial charge in [0.25, 0.3) is 0 Å². The Kier molecular flexibility index (Phi) is 4.73. The van der Waals surface area contributed by atoms with E-state index in [1.165, 1.54) is 23.5 Å². The molecule has 0 saturated carbocycles. The van der Waals surface area contributed by atoms with E-state index in [9.17, 15) is 9.18 Å². The molecular weight excluding hydrogens is 313 g/mol. The van der Waals surface area contributed by atoms with Gasteiger partial charge in [0.1, 0.15) is 10.8 Å². The molecule has 0 spiro atoms. The summed E-state index contributed by atoms with van der Waals surface area (Å²) in [6.07, 6.45) is 3.60. The Morgan fingerprint density at radius 3 is 2.96 bits per heavy atom. The van der Waals surface area contributed by atoms with Gasteiger partial charge in [0.2, 0.25) is 5.91 Å². The van der Waals surface area contributed by atoms with Gasteiger partial charge in [-0.3, -0.25) is 9.78 Å². The van der Waals surface area contributed by atoms with Crippen LogP contribution >= 0.6 is 11.3 Å². The maximum atomic E-state index is 13.2. The lowest BCUT2D eigenvalue weighted by molar-refractivity contribution is -0.120. The van der Waals surface area contributed by atoms with Gasteiger partial charge in [-0.1, -0.05) is 18.2 Å². The fourth-order valence-electron chi connectivity index (χ4n) is 2.07. The average Bonchev–Trinajstić information content (AvgIpc) is 3.02. The summed E-state index contributed by atoms with van der Waals surface area (Å²) in [5.74, 6) is -0.404. The van der Waals surface area contributed by atoms with Crippen LogP contribution in [0.5, 0.6) is 0 Å². The normalized spacial score (nSPS) is 10.5. The van der Waals surface area contributed by atoms with E-state index in [0.717, 1.165) is 11.1 Å². The first-order chi connectivity index (χ1) is 11.2. The lowest BCUT2D eigenvalue weighted by Gasteiger charge is -2.03. The number of pyridine rings is 1. The topological polar surface area (TPSA) is 54.9 Å². The third-order valence-electron chi connectivity index (χ3n) is 3.18. The SMILES string of the molecule is O=C(Cc1csc(-c2cccc(F)c2)n1)NCc1cccnc1.